The molecule has 0 aliphatic carbocycles. The van der Waals surface area contributed by atoms with Crippen LogP contribution in [0, 0.1) is 0 Å². The predicted octanol–water partition coefficient (Wildman–Crippen LogP) is 2.58. The summed E-state index contributed by atoms with van der Waals surface area (Å²) in [5.74, 6) is 0.831. The van der Waals surface area contributed by atoms with Crippen LogP contribution in [0.15, 0.2) is 35.3 Å². The van der Waals surface area contributed by atoms with Gasteiger partial charge in [0.1, 0.15) is 10.8 Å². The summed E-state index contributed by atoms with van der Waals surface area (Å²) in [6.07, 6.45) is 2.38. The van der Waals surface area contributed by atoms with Crippen LogP contribution in [-0.2, 0) is 13.0 Å². The molecule has 0 fully saturated rings. The van der Waals surface area contributed by atoms with E-state index in [2.05, 4.69) is 10.4 Å². The van der Waals surface area contributed by atoms with Crippen LogP contribution in [0.2, 0.25) is 5.02 Å². The Bertz CT molecular complexity index is 670. The Kier molecular flexibility index (Phi) is 5.22. The lowest BCUT2D eigenvalue weighted by Crippen LogP contribution is -2.23. The van der Waals surface area contributed by atoms with Crippen LogP contribution in [0.4, 0.5) is 5.69 Å². The van der Waals surface area contributed by atoms with Crippen molar-refractivity contribution in [1.82, 2.24) is 9.78 Å². The lowest BCUT2D eigenvalue weighted by molar-refractivity contribution is 0.414. The molecular weight excluding hydrogens is 290 g/mol. The van der Waals surface area contributed by atoms with E-state index in [0.717, 1.165) is 17.7 Å². The minimum Gasteiger partial charge on any atom is -0.497 e. The lowest BCUT2D eigenvalue weighted by atomic mass is 10.1. The summed E-state index contributed by atoms with van der Waals surface area (Å²) in [5, 5.41) is 7.37. The summed E-state index contributed by atoms with van der Waals surface area (Å²) in [4.78, 5) is 11.8. The fourth-order valence-corrected chi connectivity index (χ4v) is 2.20. The molecule has 2 aromatic rings. The van der Waals surface area contributed by atoms with Crippen LogP contribution in [0.5, 0.6) is 5.75 Å². The van der Waals surface area contributed by atoms with Crippen molar-refractivity contribution in [3.05, 3.63) is 51.4 Å². The molecule has 2 rings (SSSR count). The van der Waals surface area contributed by atoms with Crippen molar-refractivity contribution >= 4 is 17.3 Å². The number of hydrogen-bond donors (Lipinski definition) is 1. The quantitative estimate of drug-likeness (QED) is 0.891. The van der Waals surface area contributed by atoms with Gasteiger partial charge in [0.15, 0.2) is 0 Å². The van der Waals surface area contributed by atoms with Crippen LogP contribution >= 0.6 is 11.6 Å². The Morgan fingerprint density at radius 1 is 1.43 bits per heavy atom. The average Bonchev–Trinajstić information content (AvgIpc) is 2.52. The molecule has 1 heterocycles. The molecule has 0 amide bonds. The van der Waals surface area contributed by atoms with Crippen LogP contribution in [0.3, 0.4) is 0 Å². The normalized spacial score (nSPS) is 10.4. The van der Waals surface area contributed by atoms with Gasteiger partial charge in [-0.1, -0.05) is 23.7 Å². The third kappa shape index (κ3) is 3.76. The molecule has 0 saturated carbocycles. The van der Waals surface area contributed by atoms with Crippen molar-refractivity contribution in [3.8, 4) is 5.75 Å². The van der Waals surface area contributed by atoms with Crippen molar-refractivity contribution in [2.24, 2.45) is 0 Å². The second-order valence-electron chi connectivity index (χ2n) is 4.52. The van der Waals surface area contributed by atoms with Crippen LogP contribution in [-0.4, -0.2) is 23.4 Å². The first-order valence-corrected chi connectivity index (χ1v) is 7.16. The Balaban J connectivity index is 2.00. The topological polar surface area (TPSA) is 56.1 Å². The van der Waals surface area contributed by atoms with Crippen molar-refractivity contribution < 1.29 is 4.74 Å². The van der Waals surface area contributed by atoms with Gasteiger partial charge in [0.25, 0.3) is 5.56 Å². The molecule has 1 aromatic carbocycles. The highest BCUT2D eigenvalue weighted by atomic mass is 35.5. The number of aromatic nitrogens is 2. The van der Waals surface area contributed by atoms with Crippen LogP contribution < -0.4 is 15.6 Å². The molecule has 5 nitrogen and oxygen atoms in total. The number of aryl methyl sites for hydroxylation is 1. The number of halogens is 1. The number of hydrogen-bond acceptors (Lipinski definition) is 4. The van der Waals surface area contributed by atoms with Gasteiger partial charge in [0, 0.05) is 13.1 Å². The molecule has 0 bridgehead atoms. The van der Waals surface area contributed by atoms with Gasteiger partial charge in [-0.2, -0.15) is 5.10 Å². The van der Waals surface area contributed by atoms with Gasteiger partial charge in [0.2, 0.25) is 0 Å². The van der Waals surface area contributed by atoms with E-state index in [1.807, 2.05) is 31.2 Å². The summed E-state index contributed by atoms with van der Waals surface area (Å²) in [7, 11) is 1.64. The van der Waals surface area contributed by atoms with E-state index < -0.39 is 0 Å². The summed E-state index contributed by atoms with van der Waals surface area (Å²) < 4.78 is 6.51. The third-order valence-corrected chi connectivity index (χ3v) is 3.51. The highest BCUT2D eigenvalue weighted by Crippen LogP contribution is 2.16. The van der Waals surface area contributed by atoms with E-state index in [1.165, 1.54) is 4.68 Å². The molecule has 112 valence electrons. The van der Waals surface area contributed by atoms with Gasteiger partial charge in [-0.15, -0.1) is 0 Å². The van der Waals surface area contributed by atoms with Crippen molar-refractivity contribution in [2.45, 2.75) is 19.9 Å². The van der Waals surface area contributed by atoms with Crippen molar-refractivity contribution in [3.63, 3.8) is 0 Å². The number of nitrogens with zero attached hydrogens (tertiary/aromatic N) is 2. The molecule has 6 heteroatoms. The smallest absolute Gasteiger partial charge is 0.287 e. The molecular formula is C15H18ClN3O2. The first-order chi connectivity index (χ1) is 10.2. The van der Waals surface area contributed by atoms with Gasteiger partial charge in [0.05, 0.1) is 19.0 Å². The molecule has 1 aromatic heterocycles. The highest BCUT2D eigenvalue weighted by molar-refractivity contribution is 6.32. The van der Waals surface area contributed by atoms with E-state index in [9.17, 15) is 4.79 Å². The van der Waals surface area contributed by atoms with Crippen LogP contribution in [0.25, 0.3) is 0 Å². The Labute approximate surface area is 128 Å². The molecule has 1 N–H and O–H groups in total. The molecule has 0 aliphatic rings. The largest absolute Gasteiger partial charge is 0.497 e. The second-order valence-corrected chi connectivity index (χ2v) is 4.90. The number of ether oxygens (including phenoxy) is 1. The monoisotopic (exact) mass is 307 g/mol. The summed E-state index contributed by atoms with van der Waals surface area (Å²) in [5.41, 5.74) is 1.44. The van der Waals surface area contributed by atoms with E-state index in [1.54, 1.807) is 13.3 Å². The fourth-order valence-electron chi connectivity index (χ4n) is 1.98. The zero-order valence-corrected chi connectivity index (χ0v) is 12.9. The maximum atomic E-state index is 11.8. The number of rotatable bonds is 6. The first-order valence-electron chi connectivity index (χ1n) is 6.78. The number of anilines is 1. The Hall–Kier alpha value is -2.01. The van der Waals surface area contributed by atoms with Gasteiger partial charge in [-0.05, 0) is 31.0 Å². The minimum absolute atomic E-state index is 0.178. The summed E-state index contributed by atoms with van der Waals surface area (Å²) >= 11 is 6.05. The van der Waals surface area contributed by atoms with E-state index in [0.29, 0.717) is 18.8 Å². The van der Waals surface area contributed by atoms with Gasteiger partial charge in [-0.25, -0.2) is 4.68 Å². The highest BCUT2D eigenvalue weighted by Gasteiger charge is 2.07. The summed E-state index contributed by atoms with van der Waals surface area (Å²) in [6, 6.07) is 7.86. The maximum Gasteiger partial charge on any atom is 0.287 e. The molecule has 21 heavy (non-hydrogen) atoms. The Morgan fingerprint density at radius 3 is 2.95 bits per heavy atom. The SMILES string of the molecule is CCn1ncc(NCCc2cccc(OC)c2)c(Cl)c1=O. The summed E-state index contributed by atoms with van der Waals surface area (Å²) in [6.45, 7) is 3.01. The lowest BCUT2D eigenvalue weighted by Gasteiger charge is -2.10. The van der Waals surface area contributed by atoms with Gasteiger partial charge in [-0.3, -0.25) is 4.79 Å². The van der Waals surface area contributed by atoms with Crippen LogP contribution in [0.1, 0.15) is 12.5 Å². The van der Waals surface area contributed by atoms with Crippen molar-refractivity contribution in [2.75, 3.05) is 19.0 Å². The molecule has 0 aliphatic heterocycles. The standard InChI is InChI=1S/C15H18ClN3O2/c1-3-19-15(20)14(16)13(10-18-19)17-8-7-11-5-4-6-12(9-11)21-2/h4-6,9-10,17H,3,7-8H2,1-2H3. The number of nitrogens with one attached hydrogen (secondary N) is 1. The number of methoxy groups -OCH3 is 1. The maximum absolute atomic E-state index is 11.8. The van der Waals surface area contributed by atoms with Crippen molar-refractivity contribution in [1.29, 1.82) is 0 Å². The fraction of sp³-hybridized carbons (Fsp3) is 0.333. The van der Waals surface area contributed by atoms with E-state index in [-0.39, 0.29) is 10.6 Å². The third-order valence-electron chi connectivity index (χ3n) is 3.15. The Morgan fingerprint density at radius 2 is 2.24 bits per heavy atom. The van der Waals surface area contributed by atoms with E-state index >= 15 is 0 Å². The minimum atomic E-state index is -0.273. The van der Waals surface area contributed by atoms with Gasteiger partial charge >= 0.3 is 0 Å². The second kappa shape index (κ2) is 7.13. The first kappa shape index (κ1) is 15.4. The zero-order valence-electron chi connectivity index (χ0n) is 12.1. The number of benzene rings is 1. The molecule has 0 saturated heterocycles. The molecule has 0 atom stereocenters. The van der Waals surface area contributed by atoms with Gasteiger partial charge < -0.3 is 10.1 Å². The molecule has 0 radical (unpaired) electrons. The molecule has 0 spiro atoms. The predicted molar refractivity (Wildman–Crippen MR) is 84.4 cm³/mol. The van der Waals surface area contributed by atoms with E-state index in [4.69, 9.17) is 16.3 Å². The average molecular weight is 308 g/mol. The molecule has 0 unspecified atom stereocenters. The zero-order chi connectivity index (χ0) is 15.2.